The second-order valence-electron chi connectivity index (χ2n) is 12.6. The van der Waals surface area contributed by atoms with Crippen LogP contribution in [-0.2, 0) is 5.41 Å². The van der Waals surface area contributed by atoms with Crippen LogP contribution in [0.1, 0.15) is 26.3 Å². The van der Waals surface area contributed by atoms with E-state index in [4.69, 9.17) is 0 Å². The predicted octanol–water partition coefficient (Wildman–Crippen LogP) is 11.7. The highest BCUT2D eigenvalue weighted by Crippen LogP contribution is 2.45. The van der Waals surface area contributed by atoms with Gasteiger partial charge in [0.1, 0.15) is 0 Å². The van der Waals surface area contributed by atoms with E-state index in [2.05, 4.69) is 171 Å². The summed E-state index contributed by atoms with van der Waals surface area (Å²) < 4.78 is 2.46. The highest BCUT2D eigenvalue weighted by molar-refractivity contribution is 6.21. The number of hydrogen-bond donors (Lipinski definition) is 0. The molecule has 0 radical (unpaired) electrons. The molecule has 0 saturated carbocycles. The SMILES string of the molecule is CC(C)(C)c1cc(-c2c3ccccc3c(-c3ccccc3)c3ccccc23)ccc1-n1c2ccccc2c2ccccc21. The van der Waals surface area contributed by atoms with E-state index in [1.165, 1.54) is 76.9 Å². The molecule has 8 rings (SSSR count). The van der Waals surface area contributed by atoms with Crippen molar-refractivity contribution < 1.29 is 0 Å². The van der Waals surface area contributed by atoms with E-state index in [9.17, 15) is 0 Å². The number of aromatic nitrogens is 1. The summed E-state index contributed by atoms with van der Waals surface area (Å²) in [5.74, 6) is 0. The first-order chi connectivity index (χ1) is 21.0. The van der Waals surface area contributed by atoms with E-state index in [1.54, 1.807) is 0 Å². The molecule has 0 atom stereocenters. The summed E-state index contributed by atoms with van der Waals surface area (Å²) in [7, 11) is 0. The molecule has 0 amide bonds. The molecule has 1 heteroatoms. The molecule has 0 spiro atoms. The first-order valence-corrected chi connectivity index (χ1v) is 15.1. The first-order valence-electron chi connectivity index (χ1n) is 15.1. The van der Waals surface area contributed by atoms with Crippen LogP contribution in [0.5, 0.6) is 0 Å². The van der Waals surface area contributed by atoms with E-state index in [1.807, 2.05) is 0 Å². The van der Waals surface area contributed by atoms with Crippen LogP contribution in [-0.4, -0.2) is 4.57 Å². The summed E-state index contributed by atoms with van der Waals surface area (Å²) in [6, 6.07) is 53.3. The van der Waals surface area contributed by atoms with Crippen molar-refractivity contribution in [3.8, 4) is 27.9 Å². The third-order valence-electron chi connectivity index (χ3n) is 8.91. The Bertz CT molecular complexity index is 2200. The molecular formula is C42H33N. The molecule has 0 aliphatic rings. The Kier molecular flexibility index (Phi) is 5.77. The molecule has 1 aromatic heterocycles. The summed E-state index contributed by atoms with van der Waals surface area (Å²) in [4.78, 5) is 0. The molecule has 0 N–H and O–H groups in total. The normalized spacial score (nSPS) is 12.1. The van der Waals surface area contributed by atoms with Gasteiger partial charge in [-0.2, -0.15) is 0 Å². The molecule has 1 nitrogen and oxygen atoms in total. The second kappa shape index (κ2) is 9.71. The highest BCUT2D eigenvalue weighted by atomic mass is 15.0. The minimum absolute atomic E-state index is 0.0760. The van der Waals surface area contributed by atoms with Crippen molar-refractivity contribution in [3.05, 3.63) is 151 Å². The van der Waals surface area contributed by atoms with Crippen LogP contribution in [0, 0.1) is 0 Å². The fourth-order valence-corrected chi connectivity index (χ4v) is 7.02. The quantitative estimate of drug-likeness (QED) is 0.192. The lowest BCUT2D eigenvalue weighted by molar-refractivity contribution is 0.588. The maximum absolute atomic E-state index is 2.46. The minimum atomic E-state index is -0.0760. The molecule has 8 aromatic rings. The van der Waals surface area contributed by atoms with Gasteiger partial charge in [0.25, 0.3) is 0 Å². The number of benzene rings is 7. The van der Waals surface area contributed by atoms with Crippen LogP contribution in [0.25, 0.3) is 71.3 Å². The van der Waals surface area contributed by atoms with E-state index < -0.39 is 0 Å². The zero-order chi connectivity index (χ0) is 29.1. The van der Waals surface area contributed by atoms with Gasteiger partial charge >= 0.3 is 0 Å². The lowest BCUT2D eigenvalue weighted by atomic mass is 9.81. The van der Waals surface area contributed by atoms with Crippen molar-refractivity contribution in [1.82, 2.24) is 4.57 Å². The average Bonchev–Trinajstić information content (AvgIpc) is 3.37. The van der Waals surface area contributed by atoms with Crippen LogP contribution in [0.2, 0.25) is 0 Å². The van der Waals surface area contributed by atoms with Crippen molar-refractivity contribution in [2.45, 2.75) is 26.2 Å². The maximum atomic E-state index is 2.46. The first kappa shape index (κ1) is 25.6. The van der Waals surface area contributed by atoms with Crippen molar-refractivity contribution >= 4 is 43.4 Å². The summed E-state index contributed by atoms with van der Waals surface area (Å²) in [5, 5.41) is 7.71. The molecule has 1 heterocycles. The Balaban J connectivity index is 1.46. The van der Waals surface area contributed by atoms with Crippen LogP contribution in [0.4, 0.5) is 0 Å². The van der Waals surface area contributed by atoms with Gasteiger partial charge in [-0.25, -0.2) is 0 Å². The van der Waals surface area contributed by atoms with Crippen LogP contribution in [0.3, 0.4) is 0 Å². The van der Waals surface area contributed by atoms with Gasteiger partial charge in [-0.05, 0) is 79.0 Å². The Morgan fingerprint density at radius 1 is 0.395 bits per heavy atom. The van der Waals surface area contributed by atoms with Gasteiger partial charge < -0.3 is 4.57 Å². The van der Waals surface area contributed by atoms with Gasteiger partial charge in [-0.3, -0.25) is 0 Å². The lowest BCUT2D eigenvalue weighted by Gasteiger charge is -2.26. The molecule has 43 heavy (non-hydrogen) atoms. The molecule has 7 aromatic carbocycles. The maximum Gasteiger partial charge on any atom is 0.0541 e. The molecule has 206 valence electrons. The fraction of sp³-hybridized carbons (Fsp3) is 0.0952. The number of rotatable bonds is 3. The van der Waals surface area contributed by atoms with E-state index in [0.29, 0.717) is 0 Å². The summed E-state index contributed by atoms with van der Waals surface area (Å²) in [5.41, 5.74) is 10.1. The molecule has 0 unspecified atom stereocenters. The van der Waals surface area contributed by atoms with Crippen molar-refractivity contribution in [3.63, 3.8) is 0 Å². The molecule has 0 aliphatic carbocycles. The topological polar surface area (TPSA) is 4.93 Å². The number of nitrogens with zero attached hydrogens (tertiary/aromatic N) is 1. The number of hydrogen-bond acceptors (Lipinski definition) is 0. The fourth-order valence-electron chi connectivity index (χ4n) is 7.02. The van der Waals surface area contributed by atoms with Crippen molar-refractivity contribution in [2.75, 3.05) is 0 Å². The Morgan fingerprint density at radius 3 is 1.30 bits per heavy atom. The number of para-hydroxylation sites is 2. The van der Waals surface area contributed by atoms with E-state index in [0.717, 1.165) is 0 Å². The van der Waals surface area contributed by atoms with Gasteiger partial charge in [-0.1, -0.05) is 142 Å². The zero-order valence-electron chi connectivity index (χ0n) is 24.8. The Morgan fingerprint density at radius 2 is 0.814 bits per heavy atom. The summed E-state index contributed by atoms with van der Waals surface area (Å²) in [6.45, 7) is 6.99. The zero-order valence-corrected chi connectivity index (χ0v) is 24.8. The van der Waals surface area contributed by atoms with Gasteiger partial charge in [0.05, 0.1) is 11.0 Å². The summed E-state index contributed by atoms with van der Waals surface area (Å²) in [6.07, 6.45) is 0. The Labute approximate surface area is 252 Å². The van der Waals surface area contributed by atoms with Gasteiger partial charge in [0, 0.05) is 16.5 Å². The predicted molar refractivity (Wildman–Crippen MR) is 185 cm³/mol. The molecule has 0 aliphatic heterocycles. The largest absolute Gasteiger partial charge is 0.309 e. The molecule has 0 bridgehead atoms. The number of fused-ring (bicyclic) bond motifs is 5. The third kappa shape index (κ3) is 4.00. The minimum Gasteiger partial charge on any atom is -0.309 e. The standard InChI is InChI=1S/C42H33N/c1-42(2,3)36-27-29(25-26-39(36)43-37-23-13-11-17-30(37)31-18-12-14-24-38(31)43)41-34-21-9-7-19-32(34)40(28-15-5-4-6-16-28)33-20-8-10-22-35(33)41/h4-27H,1-3H3. The molecule has 0 saturated heterocycles. The van der Waals surface area contributed by atoms with E-state index >= 15 is 0 Å². The van der Waals surface area contributed by atoms with Crippen LogP contribution in [0.15, 0.2) is 146 Å². The second-order valence-corrected chi connectivity index (χ2v) is 12.6. The summed E-state index contributed by atoms with van der Waals surface area (Å²) >= 11 is 0. The molecule has 0 fully saturated rings. The van der Waals surface area contributed by atoms with Gasteiger partial charge in [0.2, 0.25) is 0 Å². The lowest BCUT2D eigenvalue weighted by Crippen LogP contribution is -2.15. The average molecular weight is 552 g/mol. The highest BCUT2D eigenvalue weighted by Gasteiger charge is 2.24. The van der Waals surface area contributed by atoms with Crippen molar-refractivity contribution in [2.24, 2.45) is 0 Å². The smallest absolute Gasteiger partial charge is 0.0541 e. The molecular weight excluding hydrogens is 518 g/mol. The van der Waals surface area contributed by atoms with Crippen LogP contribution >= 0.6 is 0 Å². The van der Waals surface area contributed by atoms with E-state index in [-0.39, 0.29) is 5.41 Å². The third-order valence-corrected chi connectivity index (χ3v) is 8.91. The van der Waals surface area contributed by atoms with Gasteiger partial charge in [-0.15, -0.1) is 0 Å². The monoisotopic (exact) mass is 551 g/mol. The van der Waals surface area contributed by atoms with Crippen molar-refractivity contribution in [1.29, 1.82) is 0 Å². The Hall–Kier alpha value is -5.14. The van der Waals surface area contributed by atoms with Crippen LogP contribution < -0.4 is 0 Å². The van der Waals surface area contributed by atoms with Gasteiger partial charge in [0.15, 0.2) is 0 Å².